The van der Waals surface area contributed by atoms with Crippen LogP contribution in [-0.2, 0) is 6.42 Å². The molecule has 3 nitrogen and oxygen atoms in total. The largest absolute Gasteiger partial charge is 0.289 e. The maximum Gasteiger partial charge on any atom is 0.194 e. The number of nitrogens with zero attached hydrogens (tertiary/aromatic N) is 2. The highest BCUT2D eigenvalue weighted by Crippen LogP contribution is 2.14. The van der Waals surface area contributed by atoms with E-state index < -0.39 is 0 Å². The van der Waals surface area contributed by atoms with Gasteiger partial charge in [-0.3, -0.25) is 14.8 Å². The lowest BCUT2D eigenvalue weighted by atomic mass is 9.99. The van der Waals surface area contributed by atoms with Gasteiger partial charge >= 0.3 is 0 Å². The molecule has 0 unspecified atom stereocenters. The van der Waals surface area contributed by atoms with Gasteiger partial charge < -0.3 is 0 Å². The van der Waals surface area contributed by atoms with Crippen LogP contribution in [0.25, 0.3) is 0 Å². The molecule has 0 spiro atoms. The summed E-state index contributed by atoms with van der Waals surface area (Å²) in [7, 11) is 0. The highest BCUT2D eigenvalue weighted by atomic mass is 16.1. The summed E-state index contributed by atoms with van der Waals surface area (Å²) >= 11 is 0. The Hall–Kier alpha value is -2.03. The zero-order valence-electron chi connectivity index (χ0n) is 9.97. The third-order valence-electron chi connectivity index (χ3n) is 2.67. The number of ketones is 1. The molecule has 0 saturated carbocycles. The van der Waals surface area contributed by atoms with Gasteiger partial charge in [0, 0.05) is 35.9 Å². The number of aryl methyl sites for hydroxylation is 2. The summed E-state index contributed by atoms with van der Waals surface area (Å²) in [6.45, 7) is 3.94. The van der Waals surface area contributed by atoms with Gasteiger partial charge in [0.05, 0.1) is 0 Å². The zero-order valence-corrected chi connectivity index (χ0v) is 9.97. The standard InChI is InChI=1S/C14H14N2O/c1-3-11-8-15-5-4-13(11)14(17)12-6-10(2)7-16-9-12/h4-9H,3H2,1-2H3. The average molecular weight is 226 g/mol. The van der Waals surface area contributed by atoms with Crippen LogP contribution < -0.4 is 0 Å². The first-order chi connectivity index (χ1) is 8.22. The van der Waals surface area contributed by atoms with Crippen molar-refractivity contribution in [1.82, 2.24) is 9.97 Å². The van der Waals surface area contributed by atoms with Crippen molar-refractivity contribution >= 4 is 5.78 Å². The second-order valence-corrected chi connectivity index (χ2v) is 3.97. The molecule has 0 N–H and O–H groups in total. The minimum Gasteiger partial charge on any atom is -0.289 e. The van der Waals surface area contributed by atoms with Crippen molar-refractivity contribution in [3.05, 3.63) is 59.2 Å². The molecule has 0 saturated heterocycles. The van der Waals surface area contributed by atoms with E-state index in [-0.39, 0.29) is 5.78 Å². The molecule has 2 heterocycles. The highest BCUT2D eigenvalue weighted by molar-refractivity contribution is 6.09. The molecule has 0 amide bonds. The Morgan fingerprint density at radius 2 is 2.06 bits per heavy atom. The quantitative estimate of drug-likeness (QED) is 0.755. The highest BCUT2D eigenvalue weighted by Gasteiger charge is 2.12. The second kappa shape index (κ2) is 4.87. The molecule has 2 aromatic heterocycles. The Bertz CT molecular complexity index is 549. The monoisotopic (exact) mass is 226 g/mol. The van der Waals surface area contributed by atoms with Crippen molar-refractivity contribution in [3.8, 4) is 0 Å². The van der Waals surface area contributed by atoms with Crippen LogP contribution in [0.4, 0.5) is 0 Å². The maximum absolute atomic E-state index is 12.3. The second-order valence-electron chi connectivity index (χ2n) is 3.97. The van der Waals surface area contributed by atoms with Crippen LogP contribution in [0.3, 0.4) is 0 Å². The molecular formula is C14H14N2O. The van der Waals surface area contributed by atoms with Crippen molar-refractivity contribution in [2.24, 2.45) is 0 Å². The molecule has 3 heteroatoms. The molecule has 17 heavy (non-hydrogen) atoms. The fraction of sp³-hybridized carbons (Fsp3) is 0.214. The molecular weight excluding hydrogens is 212 g/mol. The number of rotatable bonds is 3. The van der Waals surface area contributed by atoms with Gasteiger partial charge in [0.25, 0.3) is 0 Å². The van der Waals surface area contributed by atoms with Gasteiger partial charge in [-0.2, -0.15) is 0 Å². The Balaban J connectivity index is 2.44. The summed E-state index contributed by atoms with van der Waals surface area (Å²) in [6.07, 6.45) is 7.54. The predicted molar refractivity (Wildman–Crippen MR) is 66.0 cm³/mol. The summed E-state index contributed by atoms with van der Waals surface area (Å²) in [5.41, 5.74) is 3.31. The number of hydrogen-bond donors (Lipinski definition) is 0. The Labute approximate surface area is 101 Å². The Morgan fingerprint density at radius 3 is 2.76 bits per heavy atom. The Morgan fingerprint density at radius 1 is 1.24 bits per heavy atom. The molecule has 86 valence electrons. The van der Waals surface area contributed by atoms with Crippen LogP contribution in [0.1, 0.15) is 34.0 Å². The van der Waals surface area contributed by atoms with Crippen molar-refractivity contribution in [2.45, 2.75) is 20.3 Å². The van der Waals surface area contributed by atoms with Crippen LogP contribution >= 0.6 is 0 Å². The van der Waals surface area contributed by atoms with Crippen molar-refractivity contribution < 1.29 is 4.79 Å². The lowest BCUT2D eigenvalue weighted by Crippen LogP contribution is -2.06. The minimum atomic E-state index is 0.0143. The SMILES string of the molecule is CCc1cnccc1C(=O)c1cncc(C)c1. The fourth-order valence-corrected chi connectivity index (χ4v) is 1.77. The van der Waals surface area contributed by atoms with Crippen LogP contribution in [0, 0.1) is 6.92 Å². The lowest BCUT2D eigenvalue weighted by Gasteiger charge is -2.06. The third kappa shape index (κ3) is 2.38. The van der Waals surface area contributed by atoms with E-state index in [9.17, 15) is 4.79 Å². The third-order valence-corrected chi connectivity index (χ3v) is 2.67. The number of carbonyl (C=O) groups excluding carboxylic acids is 1. The van der Waals surface area contributed by atoms with Crippen molar-refractivity contribution in [2.75, 3.05) is 0 Å². The van der Waals surface area contributed by atoms with Gasteiger partial charge in [-0.25, -0.2) is 0 Å². The van der Waals surface area contributed by atoms with Gasteiger partial charge in [0.1, 0.15) is 0 Å². The van der Waals surface area contributed by atoms with Crippen LogP contribution in [-0.4, -0.2) is 15.8 Å². The number of aromatic nitrogens is 2. The van der Waals surface area contributed by atoms with Gasteiger partial charge in [0.15, 0.2) is 5.78 Å². The molecule has 2 rings (SSSR count). The minimum absolute atomic E-state index is 0.0143. The molecule has 0 aliphatic carbocycles. The van der Waals surface area contributed by atoms with Crippen LogP contribution in [0.5, 0.6) is 0 Å². The molecule has 2 aromatic rings. The van der Waals surface area contributed by atoms with E-state index in [0.717, 1.165) is 23.1 Å². The van der Waals surface area contributed by atoms with Crippen molar-refractivity contribution in [3.63, 3.8) is 0 Å². The van der Waals surface area contributed by atoms with E-state index in [1.54, 1.807) is 30.9 Å². The van der Waals surface area contributed by atoms with E-state index in [1.807, 2.05) is 19.9 Å². The molecule has 0 aliphatic heterocycles. The summed E-state index contributed by atoms with van der Waals surface area (Å²) in [4.78, 5) is 20.4. The van der Waals surface area contributed by atoms with Gasteiger partial charge in [-0.1, -0.05) is 6.92 Å². The summed E-state index contributed by atoms with van der Waals surface area (Å²) in [5, 5.41) is 0. The smallest absolute Gasteiger partial charge is 0.194 e. The normalized spacial score (nSPS) is 10.2. The van der Waals surface area contributed by atoms with E-state index in [2.05, 4.69) is 9.97 Å². The summed E-state index contributed by atoms with van der Waals surface area (Å²) < 4.78 is 0. The molecule has 0 bridgehead atoms. The number of carbonyl (C=O) groups is 1. The fourth-order valence-electron chi connectivity index (χ4n) is 1.77. The molecule has 0 aromatic carbocycles. The topological polar surface area (TPSA) is 42.9 Å². The first kappa shape index (κ1) is 11.5. The number of pyridine rings is 2. The first-order valence-electron chi connectivity index (χ1n) is 5.61. The molecule has 0 radical (unpaired) electrons. The van der Waals surface area contributed by atoms with Gasteiger partial charge in [-0.15, -0.1) is 0 Å². The summed E-state index contributed by atoms with van der Waals surface area (Å²) in [5.74, 6) is 0.0143. The van der Waals surface area contributed by atoms with Gasteiger partial charge in [0.2, 0.25) is 0 Å². The number of hydrogen-bond acceptors (Lipinski definition) is 3. The van der Waals surface area contributed by atoms with Crippen LogP contribution in [0.2, 0.25) is 0 Å². The van der Waals surface area contributed by atoms with E-state index in [1.165, 1.54) is 0 Å². The van der Waals surface area contributed by atoms with Gasteiger partial charge in [-0.05, 0) is 36.6 Å². The van der Waals surface area contributed by atoms with E-state index in [0.29, 0.717) is 5.56 Å². The average Bonchev–Trinajstić information content (AvgIpc) is 2.38. The maximum atomic E-state index is 12.3. The lowest BCUT2D eigenvalue weighted by molar-refractivity contribution is 0.103. The molecule has 0 atom stereocenters. The predicted octanol–water partition coefficient (Wildman–Crippen LogP) is 2.58. The Kier molecular flexibility index (Phi) is 3.28. The molecule has 0 aliphatic rings. The van der Waals surface area contributed by atoms with E-state index in [4.69, 9.17) is 0 Å². The van der Waals surface area contributed by atoms with E-state index >= 15 is 0 Å². The zero-order chi connectivity index (χ0) is 12.3. The van der Waals surface area contributed by atoms with Crippen molar-refractivity contribution in [1.29, 1.82) is 0 Å². The first-order valence-corrected chi connectivity index (χ1v) is 5.61. The molecule has 0 fully saturated rings. The van der Waals surface area contributed by atoms with Crippen LogP contribution in [0.15, 0.2) is 36.9 Å². The summed E-state index contributed by atoms with van der Waals surface area (Å²) in [6, 6.07) is 3.62.